The lowest BCUT2D eigenvalue weighted by Crippen LogP contribution is -2.19. The number of nitrogens with one attached hydrogen (secondary N) is 1. The van der Waals surface area contributed by atoms with Crippen LogP contribution in [-0.4, -0.2) is 15.0 Å². The molecule has 0 atom stereocenters. The maximum atomic E-state index is 14.2. The van der Waals surface area contributed by atoms with Gasteiger partial charge in [-0.3, -0.25) is 14.2 Å². The summed E-state index contributed by atoms with van der Waals surface area (Å²) in [6, 6.07) is 12.5. The number of aromatic nitrogens is 2. The average molecular weight is 311 g/mol. The molecule has 0 aliphatic heterocycles. The summed E-state index contributed by atoms with van der Waals surface area (Å²) in [6.45, 7) is 0.104. The molecule has 0 aliphatic carbocycles. The third-order valence-corrected chi connectivity index (χ3v) is 3.32. The molecule has 0 bridgehead atoms. The Morgan fingerprint density at radius 2 is 1.78 bits per heavy atom. The third kappa shape index (κ3) is 3.37. The number of halogens is 1. The molecule has 5 nitrogen and oxygen atoms in total. The van der Waals surface area contributed by atoms with Gasteiger partial charge in [-0.15, -0.1) is 0 Å². The summed E-state index contributed by atoms with van der Waals surface area (Å²) < 4.78 is 17.2. The highest BCUT2D eigenvalue weighted by Crippen LogP contribution is 2.17. The van der Waals surface area contributed by atoms with Crippen LogP contribution in [0.4, 0.5) is 10.1 Å². The molecule has 116 valence electrons. The maximum absolute atomic E-state index is 14.2. The third-order valence-electron chi connectivity index (χ3n) is 3.32. The fourth-order valence-electron chi connectivity index (χ4n) is 2.23. The molecule has 2 heterocycles. The van der Waals surface area contributed by atoms with Crippen LogP contribution >= 0.6 is 0 Å². The van der Waals surface area contributed by atoms with Gasteiger partial charge in [0.1, 0.15) is 12.4 Å². The molecule has 23 heavy (non-hydrogen) atoms. The highest BCUT2D eigenvalue weighted by Gasteiger charge is 2.09. The number of anilines is 1. The van der Waals surface area contributed by atoms with Gasteiger partial charge in [-0.05, 0) is 30.3 Å². The molecular formula is C17H14FN3O2. The van der Waals surface area contributed by atoms with Crippen LogP contribution in [0.2, 0.25) is 0 Å². The summed E-state index contributed by atoms with van der Waals surface area (Å²) in [4.78, 5) is 23.6. The summed E-state index contributed by atoms with van der Waals surface area (Å²) in [6.07, 6.45) is 5.06. The van der Waals surface area contributed by atoms with Gasteiger partial charge in [-0.25, -0.2) is 4.39 Å². The lowest BCUT2D eigenvalue weighted by molar-refractivity contribution is -0.116. The van der Waals surface area contributed by atoms with Crippen molar-refractivity contribution in [2.24, 2.45) is 0 Å². The lowest BCUT2D eigenvalue weighted by atomic mass is 10.2. The standard InChI is InChI=1S/C17H14FN3O2/c18-14-11-13(21-10-2-1-5-17(21)23)6-7-15(14)19-16(22)12-20-8-3-4-9-20/h1-11H,12H2,(H,19,22). The summed E-state index contributed by atoms with van der Waals surface area (Å²) in [5.74, 6) is -0.927. The molecule has 1 amide bonds. The number of carbonyl (C=O) groups is 1. The second-order valence-electron chi connectivity index (χ2n) is 4.98. The van der Waals surface area contributed by atoms with Crippen LogP contribution in [0.1, 0.15) is 0 Å². The van der Waals surface area contributed by atoms with Crippen molar-refractivity contribution in [1.82, 2.24) is 9.13 Å². The Hall–Kier alpha value is -3.15. The predicted molar refractivity (Wildman–Crippen MR) is 85.1 cm³/mol. The van der Waals surface area contributed by atoms with Crippen LogP contribution in [0.3, 0.4) is 0 Å². The van der Waals surface area contributed by atoms with Crippen molar-refractivity contribution < 1.29 is 9.18 Å². The molecule has 0 unspecified atom stereocenters. The SMILES string of the molecule is O=C(Cn1cccc1)Nc1ccc(-n2ccccc2=O)cc1F. The first kappa shape index (κ1) is 14.8. The van der Waals surface area contributed by atoms with Gasteiger partial charge in [0, 0.05) is 30.7 Å². The van der Waals surface area contributed by atoms with Crippen LogP contribution in [0.5, 0.6) is 0 Å². The molecule has 0 saturated heterocycles. The molecule has 1 N–H and O–H groups in total. The Balaban J connectivity index is 1.78. The Labute approximate surface area is 131 Å². The first-order chi connectivity index (χ1) is 11.1. The molecule has 2 aromatic heterocycles. The highest BCUT2D eigenvalue weighted by atomic mass is 19.1. The van der Waals surface area contributed by atoms with Crippen LogP contribution in [0.15, 0.2) is 71.9 Å². The van der Waals surface area contributed by atoms with Crippen molar-refractivity contribution in [3.8, 4) is 5.69 Å². The normalized spacial score (nSPS) is 10.5. The largest absolute Gasteiger partial charge is 0.345 e. The zero-order valence-corrected chi connectivity index (χ0v) is 12.1. The van der Waals surface area contributed by atoms with Crippen LogP contribution in [0, 0.1) is 5.82 Å². The van der Waals surface area contributed by atoms with Crippen LogP contribution < -0.4 is 10.9 Å². The molecule has 0 aliphatic rings. The van der Waals surface area contributed by atoms with Crippen molar-refractivity contribution in [3.05, 3.63) is 83.3 Å². The first-order valence-corrected chi connectivity index (χ1v) is 7.02. The Kier molecular flexibility index (Phi) is 4.05. The minimum Gasteiger partial charge on any atom is -0.345 e. The average Bonchev–Trinajstić information content (AvgIpc) is 3.03. The van der Waals surface area contributed by atoms with Gasteiger partial charge in [0.15, 0.2) is 0 Å². The number of hydrogen-bond acceptors (Lipinski definition) is 2. The van der Waals surface area contributed by atoms with E-state index >= 15 is 0 Å². The van der Waals surface area contributed by atoms with Gasteiger partial charge in [0.05, 0.1) is 11.4 Å². The molecule has 0 fully saturated rings. The van der Waals surface area contributed by atoms with E-state index in [9.17, 15) is 14.0 Å². The maximum Gasteiger partial charge on any atom is 0.255 e. The second kappa shape index (κ2) is 6.31. The number of amides is 1. The van der Waals surface area contributed by atoms with E-state index < -0.39 is 5.82 Å². The van der Waals surface area contributed by atoms with Crippen molar-refractivity contribution >= 4 is 11.6 Å². The van der Waals surface area contributed by atoms with E-state index in [2.05, 4.69) is 5.32 Å². The fraction of sp³-hybridized carbons (Fsp3) is 0.0588. The minimum atomic E-state index is -0.598. The van der Waals surface area contributed by atoms with Crippen LogP contribution in [-0.2, 0) is 11.3 Å². The predicted octanol–water partition coefficient (Wildman–Crippen LogP) is 2.42. The van der Waals surface area contributed by atoms with E-state index in [0.717, 1.165) is 0 Å². The van der Waals surface area contributed by atoms with Gasteiger partial charge in [0.25, 0.3) is 5.56 Å². The zero-order valence-electron chi connectivity index (χ0n) is 12.1. The molecule has 0 spiro atoms. The monoisotopic (exact) mass is 311 g/mol. The van der Waals surface area contributed by atoms with E-state index in [1.165, 1.54) is 22.8 Å². The molecule has 3 rings (SSSR count). The number of rotatable bonds is 4. The quantitative estimate of drug-likeness (QED) is 0.804. The molecule has 3 aromatic rings. The van der Waals surface area contributed by atoms with Crippen molar-refractivity contribution in [3.63, 3.8) is 0 Å². The van der Waals surface area contributed by atoms with Gasteiger partial charge in [-0.1, -0.05) is 6.07 Å². The minimum absolute atomic E-state index is 0.0786. The molecule has 0 saturated carbocycles. The van der Waals surface area contributed by atoms with Crippen molar-refractivity contribution in [2.45, 2.75) is 6.54 Å². The number of nitrogens with zero attached hydrogens (tertiary/aromatic N) is 2. The summed E-state index contributed by atoms with van der Waals surface area (Å²) >= 11 is 0. The number of carbonyl (C=O) groups excluding carboxylic acids is 1. The number of hydrogen-bond donors (Lipinski definition) is 1. The van der Waals surface area contributed by atoms with E-state index in [4.69, 9.17) is 0 Å². The van der Waals surface area contributed by atoms with E-state index in [1.807, 2.05) is 0 Å². The van der Waals surface area contributed by atoms with Gasteiger partial charge in [0.2, 0.25) is 5.91 Å². The smallest absolute Gasteiger partial charge is 0.255 e. The first-order valence-electron chi connectivity index (χ1n) is 7.02. The second-order valence-corrected chi connectivity index (χ2v) is 4.98. The lowest BCUT2D eigenvalue weighted by Gasteiger charge is -2.10. The molecule has 0 radical (unpaired) electrons. The summed E-state index contributed by atoms with van der Waals surface area (Å²) in [7, 11) is 0. The Bertz CT molecular complexity index is 885. The topological polar surface area (TPSA) is 56.0 Å². The number of pyridine rings is 1. The number of benzene rings is 1. The van der Waals surface area contributed by atoms with Gasteiger partial charge in [-0.2, -0.15) is 0 Å². The van der Waals surface area contributed by atoms with Crippen LogP contribution in [0.25, 0.3) is 5.69 Å². The summed E-state index contributed by atoms with van der Waals surface area (Å²) in [5, 5.41) is 2.52. The van der Waals surface area contributed by atoms with Crippen molar-refractivity contribution in [2.75, 3.05) is 5.32 Å². The zero-order chi connectivity index (χ0) is 16.2. The Morgan fingerprint density at radius 1 is 1.04 bits per heavy atom. The fourth-order valence-corrected chi connectivity index (χ4v) is 2.23. The van der Waals surface area contributed by atoms with E-state index in [1.54, 1.807) is 53.5 Å². The van der Waals surface area contributed by atoms with E-state index in [0.29, 0.717) is 5.69 Å². The van der Waals surface area contributed by atoms with E-state index in [-0.39, 0.29) is 23.7 Å². The molecule has 1 aromatic carbocycles. The highest BCUT2D eigenvalue weighted by molar-refractivity contribution is 5.90. The Morgan fingerprint density at radius 3 is 2.48 bits per heavy atom. The van der Waals surface area contributed by atoms with Gasteiger partial charge < -0.3 is 9.88 Å². The molecule has 6 heteroatoms. The van der Waals surface area contributed by atoms with Gasteiger partial charge >= 0.3 is 0 Å². The molecular weight excluding hydrogens is 297 g/mol. The van der Waals surface area contributed by atoms with Crippen molar-refractivity contribution in [1.29, 1.82) is 0 Å². The summed E-state index contributed by atoms with van der Waals surface area (Å²) in [5.41, 5.74) is 0.225.